The molecule has 1 aromatic rings. The molecule has 0 bridgehead atoms. The summed E-state index contributed by atoms with van der Waals surface area (Å²) in [7, 11) is 1.50. The number of benzene rings is 1. The summed E-state index contributed by atoms with van der Waals surface area (Å²) in [5.41, 5.74) is 2.22. The predicted molar refractivity (Wildman–Crippen MR) is 52.4 cm³/mol. The SMILES string of the molecule is COc1c(C=O)cc(C)cc1CC#N. The Balaban J connectivity index is 3.32. The molecule has 0 saturated heterocycles. The van der Waals surface area contributed by atoms with E-state index >= 15 is 0 Å². The molecule has 14 heavy (non-hydrogen) atoms. The Bertz CT molecular complexity index is 391. The van der Waals surface area contributed by atoms with E-state index in [0.29, 0.717) is 11.3 Å². The number of aryl methyl sites for hydroxylation is 1. The molecule has 0 amide bonds. The second-order valence-electron chi connectivity index (χ2n) is 3.00. The van der Waals surface area contributed by atoms with Gasteiger partial charge in [0.05, 0.1) is 25.2 Å². The summed E-state index contributed by atoms with van der Waals surface area (Å²) in [6.45, 7) is 1.88. The van der Waals surface area contributed by atoms with Crippen LogP contribution in [0.15, 0.2) is 12.1 Å². The maximum atomic E-state index is 10.7. The highest BCUT2D eigenvalue weighted by Crippen LogP contribution is 2.24. The lowest BCUT2D eigenvalue weighted by molar-refractivity contribution is 0.112. The van der Waals surface area contributed by atoms with Crippen LogP contribution < -0.4 is 4.74 Å². The van der Waals surface area contributed by atoms with Crippen LogP contribution in [0.25, 0.3) is 0 Å². The Hall–Kier alpha value is -1.82. The molecule has 1 rings (SSSR count). The first-order valence-electron chi connectivity index (χ1n) is 4.22. The molecule has 0 atom stereocenters. The van der Waals surface area contributed by atoms with E-state index in [9.17, 15) is 4.79 Å². The molecule has 1 aromatic carbocycles. The number of carbonyl (C=O) groups is 1. The number of methoxy groups -OCH3 is 1. The van der Waals surface area contributed by atoms with Gasteiger partial charge in [-0.05, 0) is 18.6 Å². The van der Waals surface area contributed by atoms with Crippen molar-refractivity contribution in [2.75, 3.05) is 7.11 Å². The minimum atomic E-state index is 0.256. The van der Waals surface area contributed by atoms with Crippen LogP contribution in [-0.4, -0.2) is 13.4 Å². The van der Waals surface area contributed by atoms with Gasteiger partial charge in [-0.2, -0.15) is 5.26 Å². The van der Waals surface area contributed by atoms with Crippen LogP contribution in [0, 0.1) is 18.3 Å². The lowest BCUT2D eigenvalue weighted by Crippen LogP contribution is -1.97. The zero-order valence-corrected chi connectivity index (χ0v) is 8.20. The highest BCUT2D eigenvalue weighted by atomic mass is 16.5. The fourth-order valence-corrected chi connectivity index (χ4v) is 1.43. The zero-order chi connectivity index (χ0) is 10.6. The molecule has 0 aliphatic carbocycles. The molecule has 0 heterocycles. The van der Waals surface area contributed by atoms with Gasteiger partial charge in [-0.25, -0.2) is 0 Å². The number of hydrogen-bond acceptors (Lipinski definition) is 3. The second kappa shape index (κ2) is 4.43. The molecule has 0 N–H and O–H groups in total. The smallest absolute Gasteiger partial charge is 0.153 e. The third-order valence-corrected chi connectivity index (χ3v) is 1.94. The van der Waals surface area contributed by atoms with Crippen molar-refractivity contribution in [3.05, 3.63) is 28.8 Å². The quantitative estimate of drug-likeness (QED) is 0.682. The Labute approximate surface area is 82.9 Å². The second-order valence-corrected chi connectivity index (χ2v) is 3.00. The Morgan fingerprint density at radius 2 is 2.29 bits per heavy atom. The zero-order valence-electron chi connectivity index (χ0n) is 8.20. The first-order chi connectivity index (χ1) is 6.72. The van der Waals surface area contributed by atoms with Gasteiger partial charge in [-0.15, -0.1) is 0 Å². The third kappa shape index (κ3) is 1.91. The van der Waals surface area contributed by atoms with Crippen LogP contribution in [0.3, 0.4) is 0 Å². The first kappa shape index (κ1) is 10.3. The Kier molecular flexibility index (Phi) is 3.24. The van der Waals surface area contributed by atoms with Crippen molar-refractivity contribution in [1.29, 1.82) is 5.26 Å². The van der Waals surface area contributed by atoms with Crippen LogP contribution in [0.1, 0.15) is 21.5 Å². The van der Waals surface area contributed by atoms with Crippen LogP contribution in [-0.2, 0) is 6.42 Å². The van der Waals surface area contributed by atoms with Gasteiger partial charge in [0.25, 0.3) is 0 Å². The molecule has 0 aliphatic heterocycles. The minimum absolute atomic E-state index is 0.256. The molecule has 0 aromatic heterocycles. The summed E-state index contributed by atoms with van der Waals surface area (Å²) in [6.07, 6.45) is 0.998. The summed E-state index contributed by atoms with van der Waals surface area (Å²) < 4.78 is 5.09. The van der Waals surface area contributed by atoms with Crippen LogP contribution in [0.5, 0.6) is 5.75 Å². The highest BCUT2D eigenvalue weighted by Gasteiger charge is 2.09. The van der Waals surface area contributed by atoms with Crippen LogP contribution >= 0.6 is 0 Å². The van der Waals surface area contributed by atoms with E-state index in [1.54, 1.807) is 6.07 Å². The number of ether oxygens (including phenoxy) is 1. The van der Waals surface area contributed by atoms with E-state index in [2.05, 4.69) is 0 Å². The van der Waals surface area contributed by atoms with Gasteiger partial charge < -0.3 is 4.74 Å². The van der Waals surface area contributed by atoms with E-state index in [4.69, 9.17) is 10.00 Å². The van der Waals surface area contributed by atoms with Crippen molar-refractivity contribution < 1.29 is 9.53 Å². The summed E-state index contributed by atoms with van der Waals surface area (Å²) in [4.78, 5) is 10.7. The lowest BCUT2D eigenvalue weighted by Gasteiger charge is -2.09. The molecule has 3 heteroatoms. The van der Waals surface area contributed by atoms with Crippen molar-refractivity contribution in [3.8, 4) is 11.8 Å². The van der Waals surface area contributed by atoms with Gasteiger partial charge >= 0.3 is 0 Å². The van der Waals surface area contributed by atoms with Crippen molar-refractivity contribution in [3.63, 3.8) is 0 Å². The monoisotopic (exact) mass is 189 g/mol. The van der Waals surface area contributed by atoms with E-state index in [0.717, 1.165) is 17.4 Å². The summed E-state index contributed by atoms with van der Waals surface area (Å²) in [6, 6.07) is 5.64. The highest BCUT2D eigenvalue weighted by molar-refractivity contribution is 5.80. The molecule has 0 unspecified atom stereocenters. The number of hydrogen-bond donors (Lipinski definition) is 0. The maximum Gasteiger partial charge on any atom is 0.153 e. The normalized spacial score (nSPS) is 9.21. The Morgan fingerprint density at radius 3 is 2.79 bits per heavy atom. The lowest BCUT2D eigenvalue weighted by atomic mass is 10.0. The number of nitriles is 1. The van der Waals surface area contributed by atoms with Crippen molar-refractivity contribution >= 4 is 6.29 Å². The van der Waals surface area contributed by atoms with Gasteiger partial charge in [-0.1, -0.05) is 6.07 Å². The predicted octanol–water partition coefficient (Wildman–Crippen LogP) is 1.88. The van der Waals surface area contributed by atoms with E-state index < -0.39 is 0 Å². The minimum Gasteiger partial charge on any atom is -0.496 e. The van der Waals surface area contributed by atoms with Crippen LogP contribution in [0.2, 0.25) is 0 Å². The van der Waals surface area contributed by atoms with Crippen molar-refractivity contribution in [1.82, 2.24) is 0 Å². The molecule has 72 valence electrons. The van der Waals surface area contributed by atoms with Gasteiger partial charge in [0.15, 0.2) is 6.29 Å². The fraction of sp³-hybridized carbons (Fsp3) is 0.273. The van der Waals surface area contributed by atoms with E-state index in [1.807, 2.05) is 19.1 Å². The van der Waals surface area contributed by atoms with E-state index in [1.165, 1.54) is 7.11 Å². The first-order valence-corrected chi connectivity index (χ1v) is 4.22. The molecule has 0 radical (unpaired) electrons. The molecule has 0 saturated carbocycles. The third-order valence-electron chi connectivity index (χ3n) is 1.94. The largest absolute Gasteiger partial charge is 0.496 e. The number of aldehydes is 1. The van der Waals surface area contributed by atoms with Crippen LogP contribution in [0.4, 0.5) is 0 Å². The fourth-order valence-electron chi connectivity index (χ4n) is 1.43. The summed E-state index contributed by atoms with van der Waals surface area (Å²) >= 11 is 0. The van der Waals surface area contributed by atoms with Gasteiger partial charge in [0.2, 0.25) is 0 Å². The average molecular weight is 189 g/mol. The molecule has 0 spiro atoms. The topological polar surface area (TPSA) is 50.1 Å². The molecule has 3 nitrogen and oxygen atoms in total. The molecular formula is C11H11NO2. The summed E-state index contributed by atoms with van der Waals surface area (Å²) in [5.74, 6) is 0.507. The average Bonchev–Trinajstić information content (AvgIpc) is 2.17. The Morgan fingerprint density at radius 1 is 1.57 bits per heavy atom. The number of nitrogens with zero attached hydrogens (tertiary/aromatic N) is 1. The molecular weight excluding hydrogens is 178 g/mol. The van der Waals surface area contributed by atoms with Crippen molar-refractivity contribution in [2.24, 2.45) is 0 Å². The van der Waals surface area contributed by atoms with Gasteiger partial charge in [0.1, 0.15) is 5.75 Å². The van der Waals surface area contributed by atoms with Crippen molar-refractivity contribution in [2.45, 2.75) is 13.3 Å². The van der Waals surface area contributed by atoms with E-state index in [-0.39, 0.29) is 6.42 Å². The molecule has 0 aliphatic rings. The van der Waals surface area contributed by atoms with Gasteiger partial charge in [-0.3, -0.25) is 4.79 Å². The van der Waals surface area contributed by atoms with Gasteiger partial charge in [0, 0.05) is 5.56 Å². The standard InChI is InChI=1S/C11H11NO2/c1-8-5-9(3-4-12)11(14-2)10(6-8)7-13/h5-7H,3H2,1-2H3. The molecule has 0 fully saturated rings. The number of carbonyl (C=O) groups excluding carboxylic acids is 1. The number of rotatable bonds is 3. The maximum absolute atomic E-state index is 10.7. The summed E-state index contributed by atoms with van der Waals surface area (Å²) in [5, 5.41) is 8.60.